The Morgan fingerprint density at radius 3 is 2.94 bits per heavy atom. The average Bonchev–Trinajstić information content (AvgIpc) is 2.33. The van der Waals surface area contributed by atoms with Gasteiger partial charge in [-0.15, -0.1) is 0 Å². The number of hydrogen-bond donors (Lipinski definition) is 0. The Morgan fingerprint density at radius 2 is 2.12 bits per heavy atom. The van der Waals surface area contributed by atoms with Crippen molar-refractivity contribution in [1.82, 2.24) is 4.57 Å². The summed E-state index contributed by atoms with van der Waals surface area (Å²) >= 11 is 0. The smallest absolute Gasteiger partial charge is 0.189 e. The van der Waals surface area contributed by atoms with Gasteiger partial charge in [-0.05, 0) is 17.7 Å². The minimum atomic E-state index is 0.00985. The third-order valence-electron chi connectivity index (χ3n) is 2.39. The SMILES string of the molecule is [N-]=[N+]=NCCn1ccc(=O)c2ccccc21. The number of fused-ring (bicyclic) bond motifs is 1. The maximum absolute atomic E-state index is 11.6. The summed E-state index contributed by atoms with van der Waals surface area (Å²) in [5.41, 5.74) is 9.07. The maximum atomic E-state index is 11.6. The molecule has 80 valence electrons. The molecule has 0 bridgehead atoms. The second-order valence-corrected chi connectivity index (χ2v) is 3.35. The van der Waals surface area contributed by atoms with Crippen LogP contribution in [0.15, 0.2) is 46.4 Å². The van der Waals surface area contributed by atoms with Gasteiger partial charge in [-0.3, -0.25) is 4.79 Å². The first-order valence-corrected chi connectivity index (χ1v) is 4.92. The highest BCUT2D eigenvalue weighted by Crippen LogP contribution is 2.08. The van der Waals surface area contributed by atoms with Gasteiger partial charge in [0.1, 0.15) is 0 Å². The minimum absolute atomic E-state index is 0.00985. The third-order valence-corrected chi connectivity index (χ3v) is 2.39. The second-order valence-electron chi connectivity index (χ2n) is 3.35. The van der Waals surface area contributed by atoms with E-state index in [0.29, 0.717) is 18.5 Å². The van der Waals surface area contributed by atoms with Crippen LogP contribution >= 0.6 is 0 Å². The van der Waals surface area contributed by atoms with Crippen molar-refractivity contribution in [2.75, 3.05) is 6.54 Å². The third kappa shape index (κ3) is 1.89. The number of hydrogen-bond acceptors (Lipinski definition) is 2. The van der Waals surface area contributed by atoms with Crippen molar-refractivity contribution in [3.8, 4) is 0 Å². The molecule has 0 saturated carbocycles. The van der Waals surface area contributed by atoms with Crippen LogP contribution in [0.4, 0.5) is 0 Å². The fraction of sp³-hybridized carbons (Fsp3) is 0.182. The molecule has 0 atom stereocenters. The summed E-state index contributed by atoms with van der Waals surface area (Å²) < 4.78 is 1.91. The quantitative estimate of drug-likeness (QED) is 0.439. The van der Waals surface area contributed by atoms with E-state index in [4.69, 9.17) is 5.53 Å². The lowest BCUT2D eigenvalue weighted by atomic mass is 10.2. The lowest BCUT2D eigenvalue weighted by Crippen LogP contribution is -2.09. The van der Waals surface area contributed by atoms with E-state index in [1.807, 2.05) is 22.8 Å². The monoisotopic (exact) mass is 214 g/mol. The van der Waals surface area contributed by atoms with Crippen molar-refractivity contribution in [3.05, 3.63) is 57.2 Å². The molecule has 1 aromatic heterocycles. The van der Waals surface area contributed by atoms with Gasteiger partial charge in [0.2, 0.25) is 0 Å². The van der Waals surface area contributed by atoms with Gasteiger partial charge < -0.3 is 4.57 Å². The zero-order chi connectivity index (χ0) is 11.4. The second kappa shape index (κ2) is 4.51. The molecular formula is C11H10N4O. The Kier molecular flexibility index (Phi) is 2.89. The average molecular weight is 214 g/mol. The molecule has 0 N–H and O–H groups in total. The normalized spacial score (nSPS) is 10.0. The molecule has 0 amide bonds. The van der Waals surface area contributed by atoms with Crippen LogP contribution in [-0.2, 0) is 6.54 Å². The molecule has 0 aliphatic rings. The van der Waals surface area contributed by atoms with Gasteiger partial charge in [0.15, 0.2) is 5.43 Å². The fourth-order valence-corrected chi connectivity index (χ4v) is 1.65. The molecule has 0 aliphatic heterocycles. The van der Waals surface area contributed by atoms with E-state index in [1.54, 1.807) is 12.3 Å². The van der Waals surface area contributed by atoms with Crippen molar-refractivity contribution in [1.29, 1.82) is 0 Å². The largest absolute Gasteiger partial charge is 0.347 e. The van der Waals surface area contributed by atoms with Crippen molar-refractivity contribution < 1.29 is 0 Å². The molecule has 0 aliphatic carbocycles. The number of nitrogens with zero attached hydrogens (tertiary/aromatic N) is 4. The van der Waals surface area contributed by atoms with Crippen molar-refractivity contribution >= 4 is 10.9 Å². The lowest BCUT2D eigenvalue weighted by molar-refractivity contribution is 0.725. The molecule has 16 heavy (non-hydrogen) atoms. The van der Waals surface area contributed by atoms with E-state index in [9.17, 15) is 4.79 Å². The molecule has 5 nitrogen and oxygen atoms in total. The first-order valence-electron chi connectivity index (χ1n) is 4.92. The summed E-state index contributed by atoms with van der Waals surface area (Å²) in [6.07, 6.45) is 1.72. The van der Waals surface area contributed by atoms with Crippen LogP contribution in [0.1, 0.15) is 0 Å². The molecule has 1 aromatic carbocycles. The molecule has 0 spiro atoms. The number of rotatable bonds is 3. The number of para-hydroxylation sites is 1. The number of pyridine rings is 1. The molecule has 0 unspecified atom stereocenters. The van der Waals surface area contributed by atoms with Crippen LogP contribution in [0, 0.1) is 0 Å². The predicted octanol–water partition coefficient (Wildman–Crippen LogP) is 2.31. The molecule has 0 radical (unpaired) electrons. The van der Waals surface area contributed by atoms with Gasteiger partial charge in [-0.25, -0.2) is 0 Å². The summed E-state index contributed by atoms with van der Waals surface area (Å²) in [7, 11) is 0. The molecule has 0 fully saturated rings. The zero-order valence-corrected chi connectivity index (χ0v) is 8.58. The first-order chi connectivity index (χ1) is 7.83. The number of benzene rings is 1. The van der Waals surface area contributed by atoms with E-state index in [1.165, 1.54) is 6.07 Å². The highest BCUT2D eigenvalue weighted by molar-refractivity contribution is 5.78. The van der Waals surface area contributed by atoms with Crippen LogP contribution in [0.25, 0.3) is 21.3 Å². The van der Waals surface area contributed by atoms with Crippen molar-refractivity contribution in [2.45, 2.75) is 6.54 Å². The van der Waals surface area contributed by atoms with E-state index in [-0.39, 0.29) is 5.43 Å². The Morgan fingerprint density at radius 1 is 1.31 bits per heavy atom. The Labute approximate surface area is 91.6 Å². The lowest BCUT2D eigenvalue weighted by Gasteiger charge is -2.08. The summed E-state index contributed by atoms with van der Waals surface area (Å²) in [6.45, 7) is 0.953. The van der Waals surface area contributed by atoms with Crippen molar-refractivity contribution in [3.63, 3.8) is 0 Å². The summed E-state index contributed by atoms with van der Waals surface area (Å²) in [6, 6.07) is 8.92. The van der Waals surface area contributed by atoms with Crippen LogP contribution in [-0.4, -0.2) is 11.1 Å². The predicted molar refractivity (Wildman–Crippen MR) is 62.2 cm³/mol. The van der Waals surface area contributed by atoms with E-state index in [2.05, 4.69) is 10.0 Å². The standard InChI is InChI=1S/C11H10N4O/c12-14-13-6-8-15-7-5-11(16)9-3-1-2-4-10(9)15/h1-5,7H,6,8H2. The van der Waals surface area contributed by atoms with Gasteiger partial charge >= 0.3 is 0 Å². The molecule has 0 saturated heterocycles. The first kappa shape index (κ1) is 10.3. The molecule has 2 aromatic rings. The molecule has 5 heteroatoms. The van der Waals surface area contributed by atoms with Gasteiger partial charge in [-0.2, -0.15) is 0 Å². The summed E-state index contributed by atoms with van der Waals surface area (Å²) in [5, 5.41) is 4.16. The van der Waals surface area contributed by atoms with Gasteiger partial charge in [0.25, 0.3) is 0 Å². The van der Waals surface area contributed by atoms with E-state index < -0.39 is 0 Å². The van der Waals surface area contributed by atoms with Crippen LogP contribution in [0.3, 0.4) is 0 Å². The van der Waals surface area contributed by atoms with E-state index in [0.717, 1.165) is 5.52 Å². The van der Waals surface area contributed by atoms with Gasteiger partial charge in [-0.1, -0.05) is 17.2 Å². The molecular weight excluding hydrogens is 204 g/mol. The topological polar surface area (TPSA) is 70.8 Å². The minimum Gasteiger partial charge on any atom is -0.347 e. The highest BCUT2D eigenvalue weighted by atomic mass is 16.1. The fourth-order valence-electron chi connectivity index (χ4n) is 1.65. The van der Waals surface area contributed by atoms with Crippen LogP contribution < -0.4 is 5.43 Å². The molecule has 2 rings (SSSR count). The van der Waals surface area contributed by atoms with Crippen molar-refractivity contribution in [2.24, 2.45) is 5.11 Å². The highest BCUT2D eigenvalue weighted by Gasteiger charge is 2.00. The Bertz CT molecular complexity index is 611. The Balaban J connectivity index is 2.50. The van der Waals surface area contributed by atoms with Crippen LogP contribution in [0.5, 0.6) is 0 Å². The maximum Gasteiger partial charge on any atom is 0.189 e. The zero-order valence-electron chi connectivity index (χ0n) is 8.58. The molecule has 1 heterocycles. The van der Waals surface area contributed by atoms with Gasteiger partial charge in [0, 0.05) is 35.7 Å². The van der Waals surface area contributed by atoms with E-state index >= 15 is 0 Å². The van der Waals surface area contributed by atoms with Gasteiger partial charge in [0.05, 0.1) is 5.52 Å². The number of aromatic nitrogens is 1. The summed E-state index contributed by atoms with van der Waals surface area (Å²) in [4.78, 5) is 14.3. The van der Waals surface area contributed by atoms with Crippen LogP contribution in [0.2, 0.25) is 0 Å². The number of azide groups is 1. The Hall–Kier alpha value is -2.26. The summed E-state index contributed by atoms with van der Waals surface area (Å²) in [5.74, 6) is 0.